The maximum Gasteiger partial charge on any atom is 0.257 e. The number of aromatic nitrogens is 2. The molecule has 1 fully saturated rings. The second-order valence-corrected chi connectivity index (χ2v) is 8.76. The Kier molecular flexibility index (Phi) is 4.97. The zero-order valence-electron chi connectivity index (χ0n) is 17.4. The van der Waals surface area contributed by atoms with Crippen LogP contribution in [0.1, 0.15) is 36.5 Å². The summed E-state index contributed by atoms with van der Waals surface area (Å²) in [5, 5.41) is 3.18. The van der Waals surface area contributed by atoms with E-state index >= 15 is 0 Å². The van der Waals surface area contributed by atoms with E-state index in [0.29, 0.717) is 35.0 Å². The molecule has 8 nitrogen and oxygen atoms in total. The molecule has 0 aliphatic carbocycles. The number of carbonyl (C=O) groups excluding carboxylic acids is 3. The predicted octanol–water partition coefficient (Wildman–Crippen LogP) is 3.53. The number of nitrogens with zero attached hydrogens (tertiary/aromatic N) is 4. The van der Waals surface area contributed by atoms with Crippen LogP contribution < -0.4 is 10.2 Å². The van der Waals surface area contributed by atoms with Crippen LogP contribution in [0.4, 0.5) is 10.8 Å². The maximum absolute atomic E-state index is 13.2. The number of para-hydroxylation sites is 1. The first-order valence-corrected chi connectivity index (χ1v) is 11.2. The van der Waals surface area contributed by atoms with Gasteiger partial charge >= 0.3 is 0 Å². The van der Waals surface area contributed by atoms with Crippen molar-refractivity contribution in [2.45, 2.75) is 31.8 Å². The topological polar surface area (TPSA) is 95.5 Å². The van der Waals surface area contributed by atoms with Crippen LogP contribution in [0.3, 0.4) is 0 Å². The van der Waals surface area contributed by atoms with E-state index in [4.69, 9.17) is 0 Å². The summed E-state index contributed by atoms with van der Waals surface area (Å²) in [5.74, 6) is 0.126. The molecule has 1 atom stereocenters. The number of anilines is 2. The summed E-state index contributed by atoms with van der Waals surface area (Å²) in [7, 11) is 0. The summed E-state index contributed by atoms with van der Waals surface area (Å²) in [6, 6.07) is 16.7. The fourth-order valence-corrected chi connectivity index (χ4v) is 5.02. The summed E-state index contributed by atoms with van der Waals surface area (Å²) < 4.78 is 4.30. The van der Waals surface area contributed by atoms with Crippen LogP contribution in [0.25, 0.3) is 11.4 Å². The minimum Gasteiger partial charge on any atom is -0.315 e. The fraction of sp³-hybridized carbons (Fsp3) is 0.261. The van der Waals surface area contributed by atoms with Crippen LogP contribution >= 0.6 is 11.5 Å². The Morgan fingerprint density at radius 2 is 1.88 bits per heavy atom. The van der Waals surface area contributed by atoms with Gasteiger partial charge in [0.2, 0.25) is 16.9 Å². The molecule has 1 saturated heterocycles. The summed E-state index contributed by atoms with van der Waals surface area (Å²) in [6.45, 7) is 2.09. The third-order valence-electron chi connectivity index (χ3n) is 6.01. The molecule has 0 spiro atoms. The van der Waals surface area contributed by atoms with E-state index in [9.17, 15) is 14.4 Å². The van der Waals surface area contributed by atoms with Crippen molar-refractivity contribution in [1.82, 2.24) is 14.3 Å². The Morgan fingerprint density at radius 1 is 1.12 bits per heavy atom. The number of amides is 3. The number of hydrogen-bond donors (Lipinski definition) is 1. The highest BCUT2D eigenvalue weighted by atomic mass is 32.1. The van der Waals surface area contributed by atoms with Gasteiger partial charge in [-0.05, 0) is 25.5 Å². The molecule has 32 heavy (non-hydrogen) atoms. The number of rotatable bonds is 5. The average Bonchev–Trinajstić information content (AvgIpc) is 3.39. The quantitative estimate of drug-likeness (QED) is 0.646. The van der Waals surface area contributed by atoms with Gasteiger partial charge in [0.15, 0.2) is 5.82 Å². The molecular weight excluding hydrogens is 426 g/mol. The first-order valence-electron chi connectivity index (χ1n) is 10.4. The standard InChI is InChI=1S/C23H21N5O3S/c1-23-13-11-19(30)28(23)17-10-6-5-9-16(17)21(31)27(23)14-12-18(29)24-22-25-20(26-32-22)15-7-3-2-4-8-15/h2-10H,11-14H2,1H3,(H,24,25,26,29). The van der Waals surface area contributed by atoms with Gasteiger partial charge in [0.05, 0.1) is 11.3 Å². The minimum absolute atomic E-state index is 0.01000. The second-order valence-electron chi connectivity index (χ2n) is 8.01. The van der Waals surface area contributed by atoms with Gasteiger partial charge in [0.1, 0.15) is 5.66 Å². The van der Waals surface area contributed by atoms with Gasteiger partial charge in [0, 0.05) is 36.5 Å². The molecule has 3 amide bonds. The van der Waals surface area contributed by atoms with Gasteiger partial charge in [-0.15, -0.1) is 0 Å². The second kappa shape index (κ2) is 7.83. The highest BCUT2D eigenvalue weighted by molar-refractivity contribution is 7.10. The molecule has 1 unspecified atom stereocenters. The van der Waals surface area contributed by atoms with E-state index in [2.05, 4.69) is 14.7 Å². The Morgan fingerprint density at radius 3 is 2.69 bits per heavy atom. The van der Waals surface area contributed by atoms with E-state index < -0.39 is 5.66 Å². The number of carbonyl (C=O) groups is 3. The molecule has 162 valence electrons. The van der Waals surface area contributed by atoms with Crippen molar-refractivity contribution >= 4 is 40.1 Å². The lowest BCUT2D eigenvalue weighted by Gasteiger charge is -2.48. The fourth-order valence-electron chi connectivity index (χ4n) is 4.42. The van der Waals surface area contributed by atoms with Crippen molar-refractivity contribution < 1.29 is 14.4 Å². The van der Waals surface area contributed by atoms with Gasteiger partial charge in [-0.1, -0.05) is 42.5 Å². The van der Waals surface area contributed by atoms with Crippen molar-refractivity contribution in [1.29, 1.82) is 0 Å². The van der Waals surface area contributed by atoms with Crippen molar-refractivity contribution in [3.05, 3.63) is 60.2 Å². The first-order chi connectivity index (χ1) is 15.5. The molecule has 0 bridgehead atoms. The highest BCUT2D eigenvalue weighted by Crippen LogP contribution is 2.43. The van der Waals surface area contributed by atoms with Crippen LogP contribution in [0.15, 0.2) is 54.6 Å². The minimum atomic E-state index is -0.772. The molecule has 1 N–H and O–H groups in total. The smallest absolute Gasteiger partial charge is 0.257 e. The molecule has 5 rings (SSSR count). The molecule has 3 aromatic rings. The van der Waals surface area contributed by atoms with Crippen LogP contribution in [0.5, 0.6) is 0 Å². The van der Waals surface area contributed by atoms with E-state index in [-0.39, 0.29) is 30.7 Å². The monoisotopic (exact) mass is 447 g/mol. The summed E-state index contributed by atoms with van der Waals surface area (Å²) in [5.41, 5.74) is 1.23. The van der Waals surface area contributed by atoms with Gasteiger partial charge in [0.25, 0.3) is 5.91 Å². The third kappa shape index (κ3) is 3.34. The third-order valence-corrected chi connectivity index (χ3v) is 6.64. The maximum atomic E-state index is 13.2. The van der Waals surface area contributed by atoms with Gasteiger partial charge < -0.3 is 10.2 Å². The van der Waals surface area contributed by atoms with Crippen LogP contribution in [0.2, 0.25) is 0 Å². The lowest BCUT2D eigenvalue weighted by Crippen LogP contribution is -2.62. The lowest BCUT2D eigenvalue weighted by molar-refractivity contribution is -0.117. The molecule has 0 saturated carbocycles. The molecule has 2 aliphatic heterocycles. The Balaban J connectivity index is 1.30. The normalized spacial score (nSPS) is 19.7. The van der Waals surface area contributed by atoms with Crippen molar-refractivity contribution in [3.63, 3.8) is 0 Å². The molecule has 2 aliphatic rings. The zero-order valence-corrected chi connectivity index (χ0v) is 18.3. The zero-order chi connectivity index (χ0) is 22.3. The summed E-state index contributed by atoms with van der Waals surface area (Å²) >= 11 is 1.11. The Labute approximate surface area is 189 Å². The summed E-state index contributed by atoms with van der Waals surface area (Å²) in [4.78, 5) is 46.2. The predicted molar refractivity (Wildman–Crippen MR) is 121 cm³/mol. The molecule has 1 aromatic heterocycles. The Hall–Kier alpha value is -3.59. The molecular formula is C23H21N5O3S. The van der Waals surface area contributed by atoms with Crippen molar-refractivity contribution in [2.75, 3.05) is 16.8 Å². The molecule has 0 radical (unpaired) electrons. The number of benzene rings is 2. The lowest BCUT2D eigenvalue weighted by atomic mass is 9.98. The SMILES string of the molecule is CC12CCC(=O)N1c1ccccc1C(=O)N2CCC(=O)Nc1nc(-c2ccccc2)ns1. The molecule has 2 aromatic carbocycles. The first kappa shape index (κ1) is 20.3. The summed E-state index contributed by atoms with van der Waals surface area (Å²) in [6.07, 6.45) is 0.990. The Bertz CT molecular complexity index is 1210. The average molecular weight is 448 g/mol. The van der Waals surface area contributed by atoms with Crippen molar-refractivity contribution in [3.8, 4) is 11.4 Å². The number of nitrogens with one attached hydrogen (secondary N) is 1. The van der Waals surface area contributed by atoms with E-state index in [1.54, 1.807) is 28.0 Å². The molecule has 9 heteroatoms. The van der Waals surface area contributed by atoms with Gasteiger partial charge in [-0.25, -0.2) is 0 Å². The van der Waals surface area contributed by atoms with Crippen LogP contribution in [-0.2, 0) is 9.59 Å². The van der Waals surface area contributed by atoms with E-state index in [1.807, 2.05) is 43.3 Å². The number of fused-ring (bicyclic) bond motifs is 3. The van der Waals surface area contributed by atoms with Crippen molar-refractivity contribution in [2.24, 2.45) is 0 Å². The van der Waals surface area contributed by atoms with Crippen LogP contribution in [-0.4, -0.2) is 44.2 Å². The van der Waals surface area contributed by atoms with Gasteiger partial charge in [-0.2, -0.15) is 9.36 Å². The molecule has 3 heterocycles. The van der Waals surface area contributed by atoms with Gasteiger partial charge in [-0.3, -0.25) is 19.3 Å². The number of hydrogen-bond acceptors (Lipinski definition) is 6. The van der Waals surface area contributed by atoms with E-state index in [0.717, 1.165) is 17.1 Å². The van der Waals surface area contributed by atoms with E-state index in [1.165, 1.54) is 0 Å². The van der Waals surface area contributed by atoms with Crippen LogP contribution in [0, 0.1) is 0 Å². The largest absolute Gasteiger partial charge is 0.315 e. The highest BCUT2D eigenvalue weighted by Gasteiger charge is 2.52.